The summed E-state index contributed by atoms with van der Waals surface area (Å²) in [6, 6.07) is 19.1. The van der Waals surface area contributed by atoms with Gasteiger partial charge in [-0.3, -0.25) is 4.98 Å². The van der Waals surface area contributed by atoms with Crippen LogP contribution in [0.4, 0.5) is 5.69 Å². The van der Waals surface area contributed by atoms with Crippen molar-refractivity contribution in [1.82, 2.24) is 4.98 Å². The van der Waals surface area contributed by atoms with Crippen molar-refractivity contribution in [1.29, 1.82) is 0 Å². The molecule has 0 aliphatic carbocycles. The molecule has 0 spiro atoms. The summed E-state index contributed by atoms with van der Waals surface area (Å²) in [5, 5.41) is 2.35. The Balaban J connectivity index is 1.82. The predicted molar refractivity (Wildman–Crippen MR) is 97.9 cm³/mol. The highest BCUT2D eigenvalue weighted by Crippen LogP contribution is 2.34. The zero-order valence-electron chi connectivity index (χ0n) is 13.1. The molecule has 124 valence electrons. The van der Waals surface area contributed by atoms with Crippen molar-refractivity contribution in [3.05, 3.63) is 72.9 Å². The van der Waals surface area contributed by atoms with Crippen molar-refractivity contribution in [3.63, 3.8) is 0 Å². The minimum Gasteiger partial charge on any atom is -0.396 e. The Morgan fingerprint density at radius 2 is 1.64 bits per heavy atom. The Kier molecular flexibility index (Phi) is 3.54. The molecule has 1 heterocycles. The van der Waals surface area contributed by atoms with E-state index in [1.807, 2.05) is 24.3 Å². The first kappa shape index (κ1) is 15.4. The number of nitrogen functional groups attached to an aromatic ring is 1. The lowest BCUT2D eigenvalue weighted by Gasteiger charge is -2.12. The SMILES string of the molecule is Nc1ccc2ccccc2c1OS(=O)(=O)c1ccc2cccnc2c1. The number of aromatic nitrogens is 1. The summed E-state index contributed by atoms with van der Waals surface area (Å²) in [5.74, 6) is 0.138. The van der Waals surface area contributed by atoms with Crippen molar-refractivity contribution in [2.75, 3.05) is 5.73 Å². The number of hydrogen-bond donors (Lipinski definition) is 1. The van der Waals surface area contributed by atoms with Crippen LogP contribution in [0, 0.1) is 0 Å². The Bertz CT molecular complexity index is 1200. The van der Waals surface area contributed by atoms with Crippen molar-refractivity contribution in [2.24, 2.45) is 0 Å². The molecule has 2 N–H and O–H groups in total. The third kappa shape index (κ3) is 2.77. The van der Waals surface area contributed by atoms with E-state index >= 15 is 0 Å². The molecule has 6 heteroatoms. The normalized spacial score (nSPS) is 11.7. The lowest BCUT2D eigenvalue weighted by atomic mass is 10.1. The number of anilines is 1. The van der Waals surface area contributed by atoms with Gasteiger partial charge in [0.15, 0.2) is 5.75 Å². The van der Waals surface area contributed by atoms with Crippen LogP contribution in [-0.2, 0) is 10.1 Å². The second kappa shape index (κ2) is 5.75. The molecule has 0 bridgehead atoms. The van der Waals surface area contributed by atoms with Crippen molar-refractivity contribution >= 4 is 37.5 Å². The maximum atomic E-state index is 12.7. The second-order valence-corrected chi connectivity index (χ2v) is 7.15. The van der Waals surface area contributed by atoms with Crippen molar-refractivity contribution < 1.29 is 12.6 Å². The molecule has 5 nitrogen and oxygen atoms in total. The van der Waals surface area contributed by atoms with E-state index in [9.17, 15) is 8.42 Å². The summed E-state index contributed by atoms with van der Waals surface area (Å²) >= 11 is 0. The van der Waals surface area contributed by atoms with Crippen molar-refractivity contribution in [3.8, 4) is 5.75 Å². The average molecular weight is 350 g/mol. The Morgan fingerprint density at radius 1 is 0.880 bits per heavy atom. The number of pyridine rings is 1. The molecular weight excluding hydrogens is 336 g/mol. The highest BCUT2D eigenvalue weighted by atomic mass is 32.2. The van der Waals surface area contributed by atoms with Crippen LogP contribution in [0.15, 0.2) is 77.8 Å². The summed E-state index contributed by atoms with van der Waals surface area (Å²) in [5.41, 5.74) is 6.81. The van der Waals surface area contributed by atoms with Gasteiger partial charge in [-0.05, 0) is 29.7 Å². The minimum atomic E-state index is -4.04. The molecule has 4 rings (SSSR count). The average Bonchev–Trinajstić information content (AvgIpc) is 2.63. The van der Waals surface area contributed by atoms with Gasteiger partial charge >= 0.3 is 10.1 Å². The van der Waals surface area contributed by atoms with Gasteiger partial charge < -0.3 is 9.92 Å². The smallest absolute Gasteiger partial charge is 0.339 e. The quantitative estimate of drug-likeness (QED) is 0.449. The van der Waals surface area contributed by atoms with E-state index in [4.69, 9.17) is 9.92 Å². The largest absolute Gasteiger partial charge is 0.396 e. The lowest BCUT2D eigenvalue weighted by Crippen LogP contribution is -2.11. The Labute approximate surface area is 144 Å². The van der Waals surface area contributed by atoms with Crippen LogP contribution in [0.5, 0.6) is 5.75 Å². The first-order valence-electron chi connectivity index (χ1n) is 7.61. The van der Waals surface area contributed by atoms with E-state index in [2.05, 4.69) is 4.98 Å². The Hall–Kier alpha value is -3.12. The van der Waals surface area contributed by atoms with E-state index in [0.29, 0.717) is 10.9 Å². The highest BCUT2D eigenvalue weighted by molar-refractivity contribution is 7.87. The molecule has 0 saturated carbocycles. The van der Waals surface area contributed by atoms with Crippen LogP contribution in [0.3, 0.4) is 0 Å². The molecule has 4 aromatic rings. The van der Waals surface area contributed by atoms with Gasteiger partial charge in [0.2, 0.25) is 0 Å². The molecule has 1 aromatic heterocycles. The molecule has 3 aromatic carbocycles. The highest BCUT2D eigenvalue weighted by Gasteiger charge is 2.20. The van der Waals surface area contributed by atoms with E-state index in [-0.39, 0.29) is 16.3 Å². The second-order valence-electron chi connectivity index (χ2n) is 5.60. The fourth-order valence-corrected chi connectivity index (χ4v) is 3.70. The molecule has 25 heavy (non-hydrogen) atoms. The summed E-state index contributed by atoms with van der Waals surface area (Å²) < 4.78 is 30.9. The summed E-state index contributed by atoms with van der Waals surface area (Å²) in [6.07, 6.45) is 1.61. The predicted octanol–water partition coefficient (Wildman–Crippen LogP) is 3.74. The third-order valence-corrected chi connectivity index (χ3v) is 5.19. The van der Waals surface area contributed by atoms with Gasteiger partial charge in [0, 0.05) is 17.0 Å². The monoisotopic (exact) mass is 350 g/mol. The van der Waals surface area contributed by atoms with Gasteiger partial charge in [0.1, 0.15) is 4.90 Å². The van der Waals surface area contributed by atoms with E-state index in [1.165, 1.54) is 12.1 Å². The number of fused-ring (bicyclic) bond motifs is 2. The molecule has 0 atom stereocenters. The number of hydrogen-bond acceptors (Lipinski definition) is 5. The van der Waals surface area contributed by atoms with Crippen LogP contribution in [-0.4, -0.2) is 13.4 Å². The van der Waals surface area contributed by atoms with Crippen LogP contribution >= 0.6 is 0 Å². The van der Waals surface area contributed by atoms with Gasteiger partial charge in [-0.1, -0.05) is 42.5 Å². The van der Waals surface area contributed by atoms with Crippen LogP contribution in [0.1, 0.15) is 0 Å². The maximum Gasteiger partial charge on any atom is 0.339 e. The maximum absolute atomic E-state index is 12.7. The zero-order chi connectivity index (χ0) is 17.4. The molecule has 0 fully saturated rings. The third-order valence-electron chi connectivity index (χ3n) is 3.97. The van der Waals surface area contributed by atoms with E-state index in [0.717, 1.165) is 10.8 Å². The van der Waals surface area contributed by atoms with Gasteiger partial charge in [-0.2, -0.15) is 8.42 Å². The minimum absolute atomic E-state index is 0.0334. The fraction of sp³-hybridized carbons (Fsp3) is 0. The summed E-state index contributed by atoms with van der Waals surface area (Å²) in [4.78, 5) is 4.22. The first-order valence-corrected chi connectivity index (χ1v) is 9.02. The standard InChI is InChI=1S/C19H14N2O3S/c20-17-10-8-13-4-1-2-6-16(13)19(17)24-25(22,23)15-9-7-14-5-3-11-21-18(14)12-15/h1-12H,20H2. The molecule has 0 unspecified atom stereocenters. The molecule has 0 aliphatic heterocycles. The molecule has 0 saturated heterocycles. The topological polar surface area (TPSA) is 82.3 Å². The number of rotatable bonds is 3. The number of benzene rings is 3. The van der Waals surface area contributed by atoms with E-state index < -0.39 is 10.1 Å². The number of nitrogens with zero attached hydrogens (tertiary/aromatic N) is 1. The van der Waals surface area contributed by atoms with Crippen LogP contribution in [0.2, 0.25) is 0 Å². The molecule has 0 radical (unpaired) electrons. The van der Waals surface area contributed by atoms with Gasteiger partial charge in [0.05, 0.1) is 11.2 Å². The summed E-state index contributed by atoms with van der Waals surface area (Å²) in [6.45, 7) is 0. The van der Waals surface area contributed by atoms with Gasteiger partial charge in [0.25, 0.3) is 0 Å². The summed E-state index contributed by atoms with van der Waals surface area (Å²) in [7, 11) is -4.04. The molecule has 0 amide bonds. The first-order chi connectivity index (χ1) is 12.0. The number of nitrogens with two attached hydrogens (primary N) is 1. The van der Waals surface area contributed by atoms with Gasteiger partial charge in [-0.25, -0.2) is 0 Å². The van der Waals surface area contributed by atoms with E-state index in [1.54, 1.807) is 36.5 Å². The Morgan fingerprint density at radius 3 is 2.52 bits per heavy atom. The zero-order valence-corrected chi connectivity index (χ0v) is 13.9. The molecule has 0 aliphatic rings. The van der Waals surface area contributed by atoms with Gasteiger partial charge in [-0.15, -0.1) is 0 Å². The molecular formula is C19H14N2O3S. The van der Waals surface area contributed by atoms with Crippen molar-refractivity contribution in [2.45, 2.75) is 4.90 Å². The van der Waals surface area contributed by atoms with Crippen LogP contribution in [0.25, 0.3) is 21.7 Å². The van der Waals surface area contributed by atoms with Crippen LogP contribution < -0.4 is 9.92 Å². The lowest BCUT2D eigenvalue weighted by molar-refractivity contribution is 0.490. The fourth-order valence-electron chi connectivity index (χ4n) is 2.71.